The number of hydrogen-bond acceptors (Lipinski definition) is 9. The Morgan fingerprint density at radius 3 is 2.14 bits per heavy atom. The van der Waals surface area contributed by atoms with Crippen LogP contribution in [0.4, 0.5) is 11.4 Å². The van der Waals surface area contributed by atoms with Gasteiger partial charge in [0.25, 0.3) is 11.8 Å². The number of anilines is 2. The molecule has 0 fully saturated rings. The molecule has 182 valence electrons. The molecule has 3 rings (SSSR count). The molecule has 0 saturated carbocycles. The van der Waals surface area contributed by atoms with E-state index >= 15 is 0 Å². The van der Waals surface area contributed by atoms with Crippen molar-refractivity contribution in [3.8, 4) is 11.5 Å². The Morgan fingerprint density at radius 2 is 1.54 bits per heavy atom. The predicted octanol–water partition coefficient (Wildman–Crippen LogP) is 3.13. The predicted molar refractivity (Wildman–Crippen MR) is 123 cm³/mol. The van der Waals surface area contributed by atoms with Gasteiger partial charge in [0.05, 0.1) is 44.4 Å². The molecule has 1 aromatic heterocycles. The molecule has 0 spiro atoms. The summed E-state index contributed by atoms with van der Waals surface area (Å²) < 4.78 is 25.3. The van der Waals surface area contributed by atoms with Gasteiger partial charge in [-0.3, -0.25) is 9.59 Å². The number of rotatable bonds is 9. The van der Waals surface area contributed by atoms with Crippen LogP contribution in [0, 0.1) is 0 Å². The highest BCUT2D eigenvalue weighted by atomic mass is 16.5. The number of nitrogens with one attached hydrogen (secondary N) is 2. The molecule has 2 amide bonds. The summed E-state index contributed by atoms with van der Waals surface area (Å²) in [6.45, 7) is -0.614. The molecule has 0 radical (unpaired) electrons. The van der Waals surface area contributed by atoms with Gasteiger partial charge in [0.15, 0.2) is 23.9 Å². The minimum Gasteiger partial charge on any atom is -0.493 e. The van der Waals surface area contributed by atoms with Crippen molar-refractivity contribution in [3.63, 3.8) is 0 Å². The van der Waals surface area contributed by atoms with Crippen molar-refractivity contribution in [2.24, 2.45) is 0 Å². The number of amides is 2. The van der Waals surface area contributed by atoms with Gasteiger partial charge >= 0.3 is 11.9 Å². The first kappa shape index (κ1) is 24.8. The standard InChI is InChI=1S/C24H22N2O9/c1-31-19-11-16(17(12-20(19)32-2)26-22(28)18-5-4-10-34-18)24(30)35-13-21(27)25-15-8-6-14(7-9-15)23(29)33-3/h4-12H,13H2,1-3H3,(H,25,27)(H,26,28). The van der Waals surface area contributed by atoms with E-state index in [-0.39, 0.29) is 28.5 Å². The number of carbonyl (C=O) groups is 4. The van der Waals surface area contributed by atoms with Crippen LogP contribution in [0.25, 0.3) is 0 Å². The summed E-state index contributed by atoms with van der Waals surface area (Å²) in [6.07, 6.45) is 1.33. The molecule has 2 N–H and O–H groups in total. The van der Waals surface area contributed by atoms with Crippen LogP contribution in [0.2, 0.25) is 0 Å². The normalized spacial score (nSPS) is 10.1. The van der Waals surface area contributed by atoms with Crippen LogP contribution >= 0.6 is 0 Å². The minimum absolute atomic E-state index is 0.0247. The molecule has 35 heavy (non-hydrogen) atoms. The fourth-order valence-corrected chi connectivity index (χ4v) is 2.96. The minimum atomic E-state index is -0.892. The van der Waals surface area contributed by atoms with Crippen LogP contribution in [0.5, 0.6) is 11.5 Å². The van der Waals surface area contributed by atoms with Crippen molar-refractivity contribution < 1.29 is 42.5 Å². The lowest BCUT2D eigenvalue weighted by Crippen LogP contribution is -2.22. The summed E-state index contributed by atoms with van der Waals surface area (Å²) in [7, 11) is 4.04. The van der Waals surface area contributed by atoms with E-state index < -0.39 is 30.4 Å². The van der Waals surface area contributed by atoms with Gasteiger partial charge in [-0.25, -0.2) is 9.59 Å². The average molecular weight is 482 g/mol. The second-order valence-electron chi connectivity index (χ2n) is 6.88. The van der Waals surface area contributed by atoms with Gasteiger partial charge in [-0.15, -0.1) is 0 Å². The molecule has 0 bridgehead atoms. The van der Waals surface area contributed by atoms with Crippen LogP contribution in [-0.4, -0.2) is 51.7 Å². The summed E-state index contributed by atoms with van der Waals surface area (Å²) >= 11 is 0. The summed E-state index contributed by atoms with van der Waals surface area (Å²) in [6, 6.07) is 11.7. The zero-order chi connectivity index (χ0) is 25.4. The van der Waals surface area contributed by atoms with Gasteiger partial charge < -0.3 is 34.0 Å². The van der Waals surface area contributed by atoms with Gasteiger partial charge in [0, 0.05) is 17.8 Å². The Kier molecular flexibility index (Phi) is 8.06. The van der Waals surface area contributed by atoms with E-state index in [1.165, 1.54) is 70.1 Å². The first-order valence-electron chi connectivity index (χ1n) is 10.1. The second-order valence-corrected chi connectivity index (χ2v) is 6.88. The van der Waals surface area contributed by atoms with E-state index in [9.17, 15) is 19.2 Å². The van der Waals surface area contributed by atoms with Crippen LogP contribution in [0.3, 0.4) is 0 Å². The number of esters is 2. The van der Waals surface area contributed by atoms with E-state index in [1.54, 1.807) is 6.07 Å². The lowest BCUT2D eigenvalue weighted by molar-refractivity contribution is -0.119. The van der Waals surface area contributed by atoms with Gasteiger partial charge in [0.1, 0.15) is 0 Å². The molecule has 2 aromatic carbocycles. The SMILES string of the molecule is COC(=O)c1ccc(NC(=O)COC(=O)c2cc(OC)c(OC)cc2NC(=O)c2ccco2)cc1. The van der Waals surface area contributed by atoms with Gasteiger partial charge in [-0.1, -0.05) is 0 Å². The van der Waals surface area contributed by atoms with Crippen LogP contribution < -0.4 is 20.1 Å². The molecule has 0 aliphatic rings. The first-order chi connectivity index (χ1) is 16.9. The van der Waals surface area contributed by atoms with E-state index in [0.717, 1.165) is 0 Å². The summed E-state index contributed by atoms with van der Waals surface area (Å²) in [5.41, 5.74) is 0.691. The highest BCUT2D eigenvalue weighted by Crippen LogP contribution is 2.34. The lowest BCUT2D eigenvalue weighted by atomic mass is 10.1. The number of ether oxygens (including phenoxy) is 4. The van der Waals surface area contributed by atoms with Gasteiger partial charge in [0.2, 0.25) is 0 Å². The molecule has 0 atom stereocenters. The van der Waals surface area contributed by atoms with Crippen molar-refractivity contribution in [2.45, 2.75) is 0 Å². The summed E-state index contributed by atoms with van der Waals surface area (Å²) in [5.74, 6) is -2.14. The fourth-order valence-electron chi connectivity index (χ4n) is 2.96. The zero-order valence-electron chi connectivity index (χ0n) is 19.1. The van der Waals surface area contributed by atoms with Crippen molar-refractivity contribution >= 4 is 35.1 Å². The van der Waals surface area contributed by atoms with Crippen molar-refractivity contribution in [3.05, 3.63) is 71.7 Å². The van der Waals surface area contributed by atoms with Gasteiger partial charge in [-0.05, 0) is 36.4 Å². The number of methoxy groups -OCH3 is 3. The summed E-state index contributed by atoms with van der Waals surface area (Å²) in [4.78, 5) is 49.0. The molecule has 1 heterocycles. The average Bonchev–Trinajstić information content (AvgIpc) is 3.42. The van der Waals surface area contributed by atoms with Crippen molar-refractivity contribution in [1.82, 2.24) is 0 Å². The topological polar surface area (TPSA) is 142 Å². The maximum absolute atomic E-state index is 12.8. The Balaban J connectivity index is 1.71. The molecule has 3 aromatic rings. The summed E-state index contributed by atoms with van der Waals surface area (Å²) in [5, 5.41) is 5.10. The highest BCUT2D eigenvalue weighted by Gasteiger charge is 2.22. The van der Waals surface area contributed by atoms with Crippen LogP contribution in [-0.2, 0) is 14.3 Å². The monoisotopic (exact) mass is 482 g/mol. The maximum atomic E-state index is 12.8. The Bertz CT molecular complexity index is 1220. The third-order valence-corrected chi connectivity index (χ3v) is 4.66. The Morgan fingerprint density at radius 1 is 0.857 bits per heavy atom. The van der Waals surface area contributed by atoms with Crippen molar-refractivity contribution in [1.29, 1.82) is 0 Å². The molecule has 0 saturated heterocycles. The zero-order valence-corrected chi connectivity index (χ0v) is 19.1. The molecule has 11 heteroatoms. The quantitative estimate of drug-likeness (QED) is 0.440. The van der Waals surface area contributed by atoms with E-state index in [4.69, 9.17) is 18.6 Å². The fraction of sp³-hybridized carbons (Fsp3) is 0.167. The lowest BCUT2D eigenvalue weighted by Gasteiger charge is -2.15. The molecule has 0 aliphatic carbocycles. The van der Waals surface area contributed by atoms with Crippen molar-refractivity contribution in [2.75, 3.05) is 38.6 Å². The third-order valence-electron chi connectivity index (χ3n) is 4.66. The molecule has 0 unspecified atom stereocenters. The van der Waals surface area contributed by atoms with Gasteiger partial charge in [-0.2, -0.15) is 0 Å². The van der Waals surface area contributed by atoms with Crippen LogP contribution in [0.1, 0.15) is 31.3 Å². The number of carbonyl (C=O) groups excluding carboxylic acids is 4. The smallest absolute Gasteiger partial charge is 0.340 e. The Hall–Kier alpha value is -4.80. The molecular formula is C24H22N2O9. The number of hydrogen-bond donors (Lipinski definition) is 2. The first-order valence-corrected chi connectivity index (χ1v) is 10.1. The largest absolute Gasteiger partial charge is 0.493 e. The van der Waals surface area contributed by atoms with Crippen LogP contribution in [0.15, 0.2) is 59.2 Å². The van der Waals surface area contributed by atoms with E-state index in [2.05, 4.69) is 15.4 Å². The molecule has 11 nitrogen and oxygen atoms in total. The van der Waals surface area contributed by atoms with E-state index in [0.29, 0.717) is 11.3 Å². The Labute approximate surface area is 199 Å². The van der Waals surface area contributed by atoms with E-state index in [1.807, 2.05) is 0 Å². The highest BCUT2D eigenvalue weighted by molar-refractivity contribution is 6.07. The molecule has 0 aliphatic heterocycles. The molecular weight excluding hydrogens is 460 g/mol. The third kappa shape index (κ3) is 6.16. The second kappa shape index (κ2) is 11.4. The maximum Gasteiger partial charge on any atom is 0.340 e. The number of furan rings is 1. The number of benzene rings is 2.